The molecule has 2 heteroatoms. The van der Waals surface area contributed by atoms with Gasteiger partial charge in [0, 0.05) is 6.54 Å². The topological polar surface area (TPSA) is 32.3 Å². The largest absolute Gasteiger partial charge is 0.394 e. The molecule has 0 saturated heterocycles. The van der Waals surface area contributed by atoms with Gasteiger partial charge < -0.3 is 10.4 Å². The number of aryl methyl sites for hydroxylation is 1. The van der Waals surface area contributed by atoms with Crippen molar-refractivity contribution in [2.45, 2.75) is 57.0 Å². The fraction of sp³-hybridized carbons (Fsp3) is 0.478. The van der Waals surface area contributed by atoms with Gasteiger partial charge in [-0.25, -0.2) is 0 Å². The number of nitrogens with one attached hydrogen (secondary N) is 1. The minimum atomic E-state index is -0.293. The molecule has 2 aromatic carbocycles. The highest BCUT2D eigenvalue weighted by Crippen LogP contribution is 2.35. The van der Waals surface area contributed by atoms with Crippen molar-refractivity contribution in [3.05, 3.63) is 70.8 Å². The highest BCUT2D eigenvalue weighted by atomic mass is 16.3. The van der Waals surface area contributed by atoms with E-state index in [1.165, 1.54) is 47.9 Å². The number of hydrogen-bond donors (Lipinski definition) is 2. The molecule has 0 bridgehead atoms. The maximum Gasteiger partial charge on any atom is 0.0674 e. The van der Waals surface area contributed by atoms with E-state index in [4.69, 9.17) is 0 Å². The Hall–Kier alpha value is -1.64. The molecule has 2 nitrogen and oxygen atoms in total. The normalized spacial score (nSPS) is 23.1. The fourth-order valence-electron chi connectivity index (χ4n) is 4.49. The van der Waals surface area contributed by atoms with Gasteiger partial charge in [0.25, 0.3) is 0 Å². The SMILES string of the molecule is OCC1(NCc2cccc(CC3CCC3)c2)CCCc2ccccc21. The van der Waals surface area contributed by atoms with Crippen LogP contribution in [0.5, 0.6) is 0 Å². The van der Waals surface area contributed by atoms with E-state index in [-0.39, 0.29) is 12.1 Å². The monoisotopic (exact) mass is 335 g/mol. The third-order valence-corrected chi connectivity index (χ3v) is 6.22. The molecule has 1 atom stereocenters. The molecule has 2 aliphatic carbocycles. The molecular weight excluding hydrogens is 306 g/mol. The highest BCUT2D eigenvalue weighted by Gasteiger charge is 2.35. The van der Waals surface area contributed by atoms with Gasteiger partial charge in [-0.15, -0.1) is 0 Å². The second-order valence-corrected chi connectivity index (χ2v) is 7.93. The van der Waals surface area contributed by atoms with E-state index in [1.54, 1.807) is 0 Å². The number of fused-ring (bicyclic) bond motifs is 1. The van der Waals surface area contributed by atoms with Crippen LogP contribution in [0.4, 0.5) is 0 Å². The van der Waals surface area contributed by atoms with Crippen LogP contribution in [0.2, 0.25) is 0 Å². The Morgan fingerprint density at radius 1 is 1.00 bits per heavy atom. The molecule has 0 spiro atoms. The molecule has 25 heavy (non-hydrogen) atoms. The van der Waals surface area contributed by atoms with Crippen molar-refractivity contribution in [1.29, 1.82) is 0 Å². The average Bonchev–Trinajstić information content (AvgIpc) is 2.63. The molecule has 0 radical (unpaired) electrons. The van der Waals surface area contributed by atoms with Crippen molar-refractivity contribution in [3.8, 4) is 0 Å². The molecule has 2 aromatic rings. The zero-order chi connectivity index (χ0) is 17.1. The molecule has 4 rings (SSSR count). The Labute approximate surface area is 151 Å². The smallest absolute Gasteiger partial charge is 0.0674 e. The predicted molar refractivity (Wildman–Crippen MR) is 102 cm³/mol. The van der Waals surface area contributed by atoms with Crippen LogP contribution in [0, 0.1) is 5.92 Å². The summed E-state index contributed by atoms with van der Waals surface area (Å²) in [5, 5.41) is 13.9. The van der Waals surface area contributed by atoms with Crippen LogP contribution in [-0.2, 0) is 24.9 Å². The Morgan fingerprint density at radius 3 is 2.64 bits per heavy atom. The summed E-state index contributed by atoms with van der Waals surface area (Å²) in [4.78, 5) is 0. The molecule has 1 saturated carbocycles. The first-order valence-corrected chi connectivity index (χ1v) is 9.81. The lowest BCUT2D eigenvalue weighted by atomic mass is 9.77. The van der Waals surface area contributed by atoms with Crippen LogP contribution in [0.25, 0.3) is 0 Å². The van der Waals surface area contributed by atoms with Crippen LogP contribution in [0.3, 0.4) is 0 Å². The molecular formula is C23H29NO. The van der Waals surface area contributed by atoms with Gasteiger partial charge in [-0.1, -0.05) is 67.8 Å². The lowest BCUT2D eigenvalue weighted by Gasteiger charge is -2.39. The lowest BCUT2D eigenvalue weighted by Crippen LogP contribution is -2.47. The summed E-state index contributed by atoms with van der Waals surface area (Å²) < 4.78 is 0. The van der Waals surface area contributed by atoms with E-state index in [0.29, 0.717) is 0 Å². The van der Waals surface area contributed by atoms with Crippen molar-refractivity contribution in [2.24, 2.45) is 5.92 Å². The quantitative estimate of drug-likeness (QED) is 0.823. The Kier molecular flexibility index (Phi) is 4.91. The third-order valence-electron chi connectivity index (χ3n) is 6.22. The van der Waals surface area contributed by atoms with Crippen LogP contribution in [0.1, 0.15) is 54.4 Å². The van der Waals surface area contributed by atoms with Gasteiger partial charge in [-0.05, 0) is 53.9 Å². The summed E-state index contributed by atoms with van der Waals surface area (Å²) in [6.07, 6.45) is 8.68. The van der Waals surface area contributed by atoms with Gasteiger partial charge in [-0.3, -0.25) is 0 Å². The van der Waals surface area contributed by atoms with Crippen LogP contribution < -0.4 is 5.32 Å². The Bertz CT molecular complexity index is 722. The summed E-state index contributed by atoms with van der Waals surface area (Å²) in [7, 11) is 0. The van der Waals surface area contributed by atoms with Crippen molar-refractivity contribution >= 4 is 0 Å². The average molecular weight is 335 g/mol. The van der Waals surface area contributed by atoms with Crippen LogP contribution in [-0.4, -0.2) is 11.7 Å². The first-order chi connectivity index (χ1) is 12.3. The molecule has 0 heterocycles. The van der Waals surface area contributed by atoms with E-state index in [2.05, 4.69) is 53.8 Å². The molecule has 1 unspecified atom stereocenters. The van der Waals surface area contributed by atoms with Gasteiger partial charge in [0.15, 0.2) is 0 Å². The van der Waals surface area contributed by atoms with Crippen molar-refractivity contribution in [3.63, 3.8) is 0 Å². The molecule has 0 amide bonds. The summed E-state index contributed by atoms with van der Waals surface area (Å²) >= 11 is 0. The Balaban J connectivity index is 1.49. The van der Waals surface area contributed by atoms with Crippen molar-refractivity contribution in [2.75, 3.05) is 6.61 Å². The zero-order valence-electron chi connectivity index (χ0n) is 15.0. The summed E-state index contributed by atoms with van der Waals surface area (Å²) in [6.45, 7) is 0.971. The van der Waals surface area contributed by atoms with Crippen LogP contribution >= 0.6 is 0 Å². The molecule has 0 aliphatic heterocycles. The van der Waals surface area contributed by atoms with Gasteiger partial charge in [0.05, 0.1) is 12.1 Å². The first kappa shape index (κ1) is 16.8. The molecule has 1 fully saturated rings. The highest BCUT2D eigenvalue weighted by molar-refractivity contribution is 5.36. The van der Waals surface area contributed by atoms with E-state index in [0.717, 1.165) is 31.7 Å². The van der Waals surface area contributed by atoms with E-state index >= 15 is 0 Å². The maximum absolute atomic E-state index is 10.2. The number of benzene rings is 2. The molecule has 132 valence electrons. The summed E-state index contributed by atoms with van der Waals surface area (Å²) in [5.74, 6) is 0.900. The number of aliphatic hydroxyl groups excluding tert-OH is 1. The van der Waals surface area contributed by atoms with Gasteiger partial charge in [0.1, 0.15) is 0 Å². The summed E-state index contributed by atoms with van der Waals surface area (Å²) in [5.41, 5.74) is 5.17. The summed E-state index contributed by atoms with van der Waals surface area (Å²) in [6, 6.07) is 17.6. The van der Waals surface area contributed by atoms with Crippen LogP contribution in [0.15, 0.2) is 48.5 Å². The second-order valence-electron chi connectivity index (χ2n) is 7.93. The van der Waals surface area contributed by atoms with Gasteiger partial charge in [-0.2, -0.15) is 0 Å². The molecule has 0 aromatic heterocycles. The number of rotatable bonds is 6. The fourth-order valence-corrected chi connectivity index (χ4v) is 4.49. The van der Waals surface area contributed by atoms with Crippen molar-refractivity contribution < 1.29 is 5.11 Å². The minimum absolute atomic E-state index is 0.159. The number of hydrogen-bond acceptors (Lipinski definition) is 2. The van der Waals surface area contributed by atoms with Crippen molar-refractivity contribution in [1.82, 2.24) is 5.32 Å². The number of aliphatic hydroxyl groups is 1. The van der Waals surface area contributed by atoms with E-state index in [9.17, 15) is 5.11 Å². The minimum Gasteiger partial charge on any atom is -0.394 e. The van der Waals surface area contributed by atoms with Gasteiger partial charge in [0.2, 0.25) is 0 Å². The van der Waals surface area contributed by atoms with Gasteiger partial charge >= 0.3 is 0 Å². The standard InChI is InChI=1S/C23H29NO/c25-17-23(13-5-11-21-10-1-2-12-22(21)23)24-16-20-9-4-8-19(15-20)14-18-6-3-7-18/h1-2,4,8-10,12,15,18,24-25H,3,5-7,11,13-14,16-17H2. The Morgan fingerprint density at radius 2 is 1.84 bits per heavy atom. The van der Waals surface area contributed by atoms with E-state index in [1.807, 2.05) is 0 Å². The molecule has 2 N–H and O–H groups in total. The third kappa shape index (κ3) is 3.51. The molecule has 2 aliphatic rings. The zero-order valence-corrected chi connectivity index (χ0v) is 15.0. The second kappa shape index (κ2) is 7.31. The maximum atomic E-state index is 10.2. The predicted octanol–water partition coefficient (Wildman–Crippen LogP) is 4.34. The first-order valence-electron chi connectivity index (χ1n) is 9.81. The van der Waals surface area contributed by atoms with E-state index < -0.39 is 0 Å². The lowest BCUT2D eigenvalue weighted by molar-refractivity contribution is 0.140.